The number of likely N-dealkylation sites (tertiary alicyclic amines) is 1. The van der Waals surface area contributed by atoms with E-state index >= 15 is 0 Å². The van der Waals surface area contributed by atoms with E-state index in [4.69, 9.17) is 24.2 Å². The summed E-state index contributed by atoms with van der Waals surface area (Å²) in [5.41, 5.74) is 4.79. The SMILES string of the molecule is Nc1ncnc2c1c(-c1ccc(Oc3ccccc3)cc1)nn2[C@@H]1CCCN(C(=O)COS(=O)(=O)Nc2ccc3c(C(F)(F)F)cc(=O)oc3c2)C1. The zero-order chi connectivity index (χ0) is 36.6. The molecule has 14 nitrogen and oxygen atoms in total. The summed E-state index contributed by atoms with van der Waals surface area (Å²) in [7, 11) is -4.63. The number of alkyl halides is 3. The maximum Gasteiger partial charge on any atom is 0.417 e. The van der Waals surface area contributed by atoms with Crippen LogP contribution < -0.4 is 20.8 Å². The van der Waals surface area contributed by atoms with Crippen molar-refractivity contribution in [3.8, 4) is 22.8 Å². The summed E-state index contributed by atoms with van der Waals surface area (Å²) < 4.78 is 84.9. The van der Waals surface area contributed by atoms with Crippen molar-refractivity contribution in [3.63, 3.8) is 0 Å². The summed E-state index contributed by atoms with van der Waals surface area (Å²) in [5.74, 6) is 0.897. The number of nitrogens with zero attached hydrogens (tertiary/aromatic N) is 5. The maximum atomic E-state index is 13.4. The van der Waals surface area contributed by atoms with Crippen LogP contribution in [0.2, 0.25) is 0 Å². The van der Waals surface area contributed by atoms with Gasteiger partial charge >= 0.3 is 22.1 Å². The number of nitrogens with one attached hydrogen (secondary N) is 1. The van der Waals surface area contributed by atoms with Crippen LogP contribution in [0.1, 0.15) is 24.4 Å². The number of fused-ring (bicyclic) bond motifs is 2. The Balaban J connectivity index is 1.04. The lowest BCUT2D eigenvalue weighted by atomic mass is 10.1. The molecule has 52 heavy (non-hydrogen) atoms. The zero-order valence-electron chi connectivity index (χ0n) is 26.9. The number of ether oxygens (including phenoxy) is 1. The minimum Gasteiger partial charge on any atom is -0.457 e. The molecule has 0 radical (unpaired) electrons. The molecule has 3 aromatic heterocycles. The molecule has 1 atom stereocenters. The summed E-state index contributed by atoms with van der Waals surface area (Å²) in [6.45, 7) is -0.380. The second kappa shape index (κ2) is 13.6. The fourth-order valence-corrected chi connectivity index (χ4v) is 6.72. The highest BCUT2D eigenvalue weighted by Gasteiger charge is 2.34. The Morgan fingerprint density at radius 3 is 2.52 bits per heavy atom. The minimum atomic E-state index is -4.84. The standard InChI is InChI=1S/C34H28F3N7O7S/c35-34(36,37)26-16-29(46)51-27-15-21(10-13-25(26)27)42-52(47,48)49-18-28(45)43-14-4-5-22(17-43)44-33-30(32(38)39-19-40-33)31(41-44)20-8-11-24(12-9-20)50-23-6-2-1-3-7-23/h1-3,6-13,15-16,19,22,42H,4-5,14,17-18H2,(H2,38,39,40)/t22-/m1/s1. The highest BCUT2D eigenvalue weighted by Crippen LogP contribution is 2.36. The number of amides is 1. The zero-order valence-corrected chi connectivity index (χ0v) is 27.7. The van der Waals surface area contributed by atoms with Crippen molar-refractivity contribution in [1.82, 2.24) is 24.6 Å². The van der Waals surface area contributed by atoms with E-state index < -0.39 is 51.2 Å². The van der Waals surface area contributed by atoms with Crippen molar-refractivity contribution in [2.24, 2.45) is 0 Å². The molecule has 0 spiro atoms. The largest absolute Gasteiger partial charge is 0.457 e. The number of carbonyl (C=O) groups excluding carboxylic acids is 1. The van der Waals surface area contributed by atoms with Gasteiger partial charge in [-0.25, -0.2) is 23.6 Å². The van der Waals surface area contributed by atoms with Gasteiger partial charge < -0.3 is 19.8 Å². The Labute approximate surface area is 292 Å². The van der Waals surface area contributed by atoms with Crippen molar-refractivity contribution in [2.45, 2.75) is 25.1 Å². The highest BCUT2D eigenvalue weighted by molar-refractivity contribution is 7.88. The molecule has 0 saturated carbocycles. The topological polar surface area (TPSA) is 185 Å². The Hall–Kier alpha value is -6.01. The molecular formula is C34H28F3N7O7S. The van der Waals surface area contributed by atoms with Gasteiger partial charge in [-0.2, -0.15) is 26.7 Å². The highest BCUT2D eigenvalue weighted by atomic mass is 32.2. The molecule has 4 heterocycles. The van der Waals surface area contributed by atoms with Crippen LogP contribution in [0, 0.1) is 0 Å². The summed E-state index contributed by atoms with van der Waals surface area (Å²) >= 11 is 0. The van der Waals surface area contributed by atoms with Gasteiger partial charge in [0.25, 0.3) is 0 Å². The Kier molecular flexibility index (Phi) is 9.01. The van der Waals surface area contributed by atoms with Crippen LogP contribution in [0.5, 0.6) is 11.5 Å². The van der Waals surface area contributed by atoms with Crippen LogP contribution in [0.15, 0.2) is 94.4 Å². The summed E-state index contributed by atoms with van der Waals surface area (Å²) in [6, 6.07) is 19.5. The number of rotatable bonds is 9. The predicted molar refractivity (Wildman–Crippen MR) is 183 cm³/mol. The van der Waals surface area contributed by atoms with Gasteiger partial charge in [0.1, 0.15) is 41.5 Å². The number of carbonyl (C=O) groups is 1. The first-order valence-corrected chi connectivity index (χ1v) is 17.2. The number of halogens is 3. The molecule has 18 heteroatoms. The van der Waals surface area contributed by atoms with Gasteiger partial charge in [0.15, 0.2) is 5.65 Å². The summed E-state index contributed by atoms with van der Waals surface area (Å²) in [6.07, 6.45) is -2.33. The van der Waals surface area contributed by atoms with Crippen molar-refractivity contribution in [3.05, 3.63) is 101 Å². The molecule has 0 aliphatic carbocycles. The van der Waals surface area contributed by atoms with E-state index in [0.717, 1.165) is 23.8 Å². The minimum absolute atomic E-state index is 0.158. The number of hydrogen-bond donors (Lipinski definition) is 2. The van der Waals surface area contributed by atoms with Crippen LogP contribution in [0.4, 0.5) is 24.7 Å². The number of nitrogen functional groups attached to an aromatic ring is 1. The lowest BCUT2D eigenvalue weighted by Crippen LogP contribution is -2.43. The molecule has 1 amide bonds. The normalized spacial score (nSPS) is 15.2. The third-order valence-electron chi connectivity index (χ3n) is 8.35. The smallest absolute Gasteiger partial charge is 0.417 e. The molecule has 1 saturated heterocycles. The molecule has 0 bridgehead atoms. The Morgan fingerprint density at radius 1 is 1.02 bits per heavy atom. The second-order valence-corrected chi connectivity index (χ2v) is 13.2. The van der Waals surface area contributed by atoms with E-state index in [2.05, 4.69) is 9.97 Å². The van der Waals surface area contributed by atoms with Gasteiger partial charge in [0, 0.05) is 36.2 Å². The molecule has 268 valence electrons. The summed E-state index contributed by atoms with van der Waals surface area (Å²) in [4.78, 5) is 34.9. The molecule has 0 unspecified atom stereocenters. The first kappa shape index (κ1) is 34.4. The van der Waals surface area contributed by atoms with Crippen LogP contribution in [0.3, 0.4) is 0 Å². The number of aromatic nitrogens is 4. The quantitative estimate of drug-likeness (QED) is 0.178. The average Bonchev–Trinajstić information content (AvgIpc) is 3.51. The van der Waals surface area contributed by atoms with E-state index in [9.17, 15) is 31.2 Å². The van der Waals surface area contributed by atoms with Crippen LogP contribution in [-0.2, 0) is 25.5 Å². The molecule has 1 fully saturated rings. The molecule has 1 aliphatic rings. The number of nitrogens with two attached hydrogens (primary N) is 1. The van der Waals surface area contributed by atoms with Crippen LogP contribution >= 0.6 is 0 Å². The average molecular weight is 736 g/mol. The van der Waals surface area contributed by atoms with Gasteiger partial charge in [0.2, 0.25) is 5.91 Å². The van der Waals surface area contributed by atoms with Gasteiger partial charge in [-0.05, 0) is 61.4 Å². The monoisotopic (exact) mass is 735 g/mol. The van der Waals surface area contributed by atoms with Gasteiger partial charge in [0.05, 0.1) is 22.7 Å². The van der Waals surface area contributed by atoms with Crippen molar-refractivity contribution in [1.29, 1.82) is 0 Å². The lowest BCUT2D eigenvalue weighted by molar-refractivity contribution is -0.136. The van der Waals surface area contributed by atoms with Crippen molar-refractivity contribution in [2.75, 3.05) is 30.2 Å². The van der Waals surface area contributed by atoms with Gasteiger partial charge in [-0.15, -0.1) is 0 Å². The van der Waals surface area contributed by atoms with E-state index in [-0.39, 0.29) is 24.1 Å². The Morgan fingerprint density at radius 2 is 1.77 bits per heavy atom. The number of piperidine rings is 1. The van der Waals surface area contributed by atoms with Gasteiger partial charge in [-0.3, -0.25) is 9.52 Å². The fourth-order valence-electron chi connectivity index (χ4n) is 5.99. The first-order valence-electron chi connectivity index (χ1n) is 15.8. The van der Waals surface area contributed by atoms with E-state index in [0.29, 0.717) is 53.7 Å². The Bertz CT molecular complexity index is 2460. The molecule has 6 aromatic rings. The van der Waals surface area contributed by atoms with Crippen molar-refractivity contribution >= 4 is 49.7 Å². The first-order chi connectivity index (χ1) is 24.8. The molecule has 1 aliphatic heterocycles. The van der Waals surface area contributed by atoms with E-state index in [1.54, 1.807) is 16.8 Å². The predicted octanol–water partition coefficient (Wildman–Crippen LogP) is 5.53. The second-order valence-electron chi connectivity index (χ2n) is 11.8. The maximum absolute atomic E-state index is 13.4. The number of benzene rings is 3. The van der Waals surface area contributed by atoms with Crippen LogP contribution in [-0.4, -0.2) is 58.7 Å². The number of hydrogen-bond acceptors (Lipinski definition) is 11. The fraction of sp³-hybridized carbons (Fsp3) is 0.206. The number of anilines is 2. The molecule has 3 aromatic carbocycles. The molecule has 3 N–H and O–H groups in total. The molecular weight excluding hydrogens is 707 g/mol. The molecule has 7 rings (SSSR count). The number of para-hydroxylation sites is 1. The van der Waals surface area contributed by atoms with Crippen molar-refractivity contribution < 1.29 is 39.7 Å². The summed E-state index contributed by atoms with van der Waals surface area (Å²) in [5, 5.41) is 4.95. The lowest BCUT2D eigenvalue weighted by Gasteiger charge is -2.32. The third kappa shape index (κ3) is 7.24. The third-order valence-corrected chi connectivity index (χ3v) is 9.26. The van der Waals surface area contributed by atoms with E-state index in [1.807, 2.05) is 47.2 Å². The van der Waals surface area contributed by atoms with Gasteiger partial charge in [-0.1, -0.05) is 18.2 Å². The van der Waals surface area contributed by atoms with E-state index in [1.165, 1.54) is 11.2 Å². The van der Waals surface area contributed by atoms with Crippen LogP contribution in [0.25, 0.3) is 33.3 Å².